The number of rotatable bonds is 5. The Morgan fingerprint density at radius 1 is 1.28 bits per heavy atom. The quantitative estimate of drug-likeness (QED) is 0.770. The highest BCUT2D eigenvalue weighted by atomic mass is 16.5. The average molecular weight is 401 g/mol. The van der Waals surface area contributed by atoms with Crippen LogP contribution in [-0.2, 0) is 16.1 Å². The summed E-state index contributed by atoms with van der Waals surface area (Å²) < 4.78 is 6.97. The van der Waals surface area contributed by atoms with Gasteiger partial charge in [0.1, 0.15) is 0 Å². The second-order valence-corrected chi connectivity index (χ2v) is 8.74. The lowest BCUT2D eigenvalue weighted by atomic mass is 9.87. The summed E-state index contributed by atoms with van der Waals surface area (Å²) in [4.78, 5) is 28.2. The summed E-state index contributed by atoms with van der Waals surface area (Å²) in [5, 5.41) is 10.2. The first kappa shape index (κ1) is 20.4. The van der Waals surface area contributed by atoms with Gasteiger partial charge in [-0.05, 0) is 37.8 Å². The zero-order valence-electron chi connectivity index (χ0n) is 17.4. The fraction of sp³-hybridized carbons (Fsp3) is 0.652. The largest absolute Gasteiger partial charge is 0.469 e. The maximum Gasteiger partial charge on any atom is 0.311 e. The lowest BCUT2D eigenvalue weighted by Gasteiger charge is -2.40. The van der Waals surface area contributed by atoms with Crippen LogP contribution in [0, 0.1) is 17.8 Å². The van der Waals surface area contributed by atoms with Gasteiger partial charge in [-0.15, -0.1) is 0 Å². The molecule has 4 rings (SSSR count). The molecule has 3 aliphatic rings. The highest BCUT2D eigenvalue weighted by Gasteiger charge is 2.56. The van der Waals surface area contributed by atoms with Gasteiger partial charge in [-0.25, -0.2) is 0 Å². The van der Waals surface area contributed by atoms with Gasteiger partial charge in [0.25, 0.3) is 5.56 Å². The molecule has 4 atom stereocenters. The van der Waals surface area contributed by atoms with Crippen LogP contribution in [0.4, 0.5) is 0 Å². The number of aromatic nitrogens is 1. The Morgan fingerprint density at radius 2 is 2.03 bits per heavy atom. The number of allylic oxidation sites excluding steroid dienone is 1. The van der Waals surface area contributed by atoms with Gasteiger partial charge in [-0.2, -0.15) is 0 Å². The normalized spacial score (nSPS) is 29.9. The molecule has 0 amide bonds. The van der Waals surface area contributed by atoms with Crippen molar-refractivity contribution in [1.82, 2.24) is 9.47 Å². The van der Waals surface area contributed by atoms with Crippen molar-refractivity contribution in [3.05, 3.63) is 39.8 Å². The van der Waals surface area contributed by atoms with E-state index in [4.69, 9.17) is 4.74 Å². The molecule has 0 radical (unpaired) electrons. The number of aliphatic hydroxyl groups is 1. The van der Waals surface area contributed by atoms with Gasteiger partial charge >= 0.3 is 5.97 Å². The summed E-state index contributed by atoms with van der Waals surface area (Å²) in [7, 11) is 1.41. The van der Waals surface area contributed by atoms with Crippen LogP contribution in [-0.4, -0.2) is 46.8 Å². The fourth-order valence-electron chi connectivity index (χ4n) is 5.87. The third-order valence-corrected chi connectivity index (χ3v) is 7.21. The van der Waals surface area contributed by atoms with Crippen molar-refractivity contribution in [1.29, 1.82) is 0 Å². The van der Waals surface area contributed by atoms with E-state index in [0.717, 1.165) is 12.2 Å². The van der Waals surface area contributed by atoms with E-state index in [1.165, 1.54) is 39.2 Å². The Morgan fingerprint density at radius 3 is 2.69 bits per heavy atom. The number of fused-ring (bicyclic) bond motifs is 4. The van der Waals surface area contributed by atoms with Gasteiger partial charge in [0.15, 0.2) is 0 Å². The van der Waals surface area contributed by atoms with Crippen LogP contribution in [0.3, 0.4) is 0 Å². The van der Waals surface area contributed by atoms with Crippen molar-refractivity contribution in [2.75, 3.05) is 20.3 Å². The molecule has 2 aliphatic heterocycles. The predicted molar refractivity (Wildman–Crippen MR) is 111 cm³/mol. The van der Waals surface area contributed by atoms with Crippen LogP contribution in [0.15, 0.2) is 23.0 Å². The number of carbonyl (C=O) groups excluding carboxylic acids is 1. The number of nitrogens with zero attached hydrogens (tertiary/aromatic N) is 2. The maximum atomic E-state index is 13.1. The lowest BCUT2D eigenvalue weighted by molar-refractivity contribution is -0.148. The SMILES string of the molecule is C/C=C\c1ccc2n(c1=O)C[C@H]1[C@H](CO)[C@@H](C(=O)OC)[C@@H]2N1CC1CCCCC1. The third-order valence-electron chi connectivity index (χ3n) is 7.21. The molecule has 1 aromatic rings. The Kier molecular flexibility index (Phi) is 5.93. The number of pyridine rings is 1. The van der Waals surface area contributed by atoms with Gasteiger partial charge in [-0.3, -0.25) is 14.5 Å². The van der Waals surface area contributed by atoms with E-state index in [-0.39, 0.29) is 36.1 Å². The first-order valence-corrected chi connectivity index (χ1v) is 10.9. The summed E-state index contributed by atoms with van der Waals surface area (Å²) >= 11 is 0. The summed E-state index contributed by atoms with van der Waals surface area (Å²) in [6.45, 7) is 3.26. The van der Waals surface area contributed by atoms with E-state index in [1.54, 1.807) is 0 Å². The molecule has 1 saturated heterocycles. The molecule has 1 aromatic heterocycles. The van der Waals surface area contributed by atoms with Crippen molar-refractivity contribution >= 4 is 12.0 Å². The van der Waals surface area contributed by atoms with Gasteiger partial charge < -0.3 is 14.4 Å². The molecular formula is C23H32N2O4. The molecule has 158 valence electrons. The lowest BCUT2D eigenvalue weighted by Crippen LogP contribution is -2.48. The molecule has 3 heterocycles. The second-order valence-electron chi connectivity index (χ2n) is 8.74. The van der Waals surface area contributed by atoms with Crippen LogP contribution in [0.1, 0.15) is 56.3 Å². The number of ether oxygens (including phenoxy) is 1. The topological polar surface area (TPSA) is 71.8 Å². The van der Waals surface area contributed by atoms with Gasteiger partial charge in [0, 0.05) is 42.9 Å². The number of esters is 1. The minimum Gasteiger partial charge on any atom is -0.469 e. The minimum atomic E-state index is -0.445. The maximum absolute atomic E-state index is 13.1. The number of aliphatic hydroxyl groups excluding tert-OH is 1. The zero-order valence-corrected chi connectivity index (χ0v) is 17.4. The second kappa shape index (κ2) is 8.44. The molecule has 1 saturated carbocycles. The minimum absolute atomic E-state index is 0.0184. The summed E-state index contributed by atoms with van der Waals surface area (Å²) in [6.07, 6.45) is 9.96. The standard InChI is InChI=1S/C23H32N2O4/c1-3-7-16-10-11-18-21-20(23(28)29-2)17(14-26)19(13-25(18)22(16)27)24(21)12-15-8-5-4-6-9-15/h3,7,10-11,15,17,19-21,26H,4-6,8-9,12-14H2,1-2H3/b7-3-/t17-,19-,20+,21+/m0/s1. The van der Waals surface area contributed by atoms with Crippen molar-refractivity contribution in [3.8, 4) is 0 Å². The monoisotopic (exact) mass is 400 g/mol. The molecular weight excluding hydrogens is 368 g/mol. The van der Waals surface area contributed by atoms with E-state index in [2.05, 4.69) is 4.90 Å². The van der Waals surface area contributed by atoms with E-state index in [0.29, 0.717) is 18.0 Å². The Labute approximate surface area is 172 Å². The molecule has 1 aliphatic carbocycles. The van der Waals surface area contributed by atoms with Crippen molar-refractivity contribution in [3.63, 3.8) is 0 Å². The molecule has 6 nitrogen and oxygen atoms in total. The summed E-state index contributed by atoms with van der Waals surface area (Å²) in [6, 6.07) is 3.60. The summed E-state index contributed by atoms with van der Waals surface area (Å²) in [5.41, 5.74) is 1.52. The molecule has 6 heteroatoms. The smallest absolute Gasteiger partial charge is 0.311 e. The third kappa shape index (κ3) is 3.46. The number of hydrogen-bond acceptors (Lipinski definition) is 5. The Hall–Kier alpha value is -1.92. The van der Waals surface area contributed by atoms with Crippen molar-refractivity contribution in [2.24, 2.45) is 17.8 Å². The first-order valence-electron chi connectivity index (χ1n) is 10.9. The zero-order chi connectivity index (χ0) is 20.5. The van der Waals surface area contributed by atoms with Crippen LogP contribution in [0.5, 0.6) is 0 Å². The number of hydrogen-bond donors (Lipinski definition) is 1. The molecule has 2 fully saturated rings. The van der Waals surface area contributed by atoms with Crippen molar-refractivity contribution in [2.45, 2.75) is 57.7 Å². The fourth-order valence-corrected chi connectivity index (χ4v) is 5.87. The molecule has 2 bridgehead atoms. The van der Waals surface area contributed by atoms with Crippen LogP contribution in [0.2, 0.25) is 0 Å². The van der Waals surface area contributed by atoms with E-state index >= 15 is 0 Å². The van der Waals surface area contributed by atoms with Crippen LogP contribution < -0.4 is 5.56 Å². The number of methoxy groups -OCH3 is 1. The molecule has 1 N–H and O–H groups in total. The van der Waals surface area contributed by atoms with E-state index < -0.39 is 5.92 Å². The van der Waals surface area contributed by atoms with Gasteiger partial charge in [0.2, 0.25) is 0 Å². The van der Waals surface area contributed by atoms with Crippen LogP contribution >= 0.6 is 0 Å². The summed E-state index contributed by atoms with van der Waals surface area (Å²) in [5.74, 6) is -0.339. The first-order chi connectivity index (χ1) is 14.1. The molecule has 0 unspecified atom stereocenters. The van der Waals surface area contributed by atoms with E-state index in [1.807, 2.05) is 35.8 Å². The van der Waals surface area contributed by atoms with Gasteiger partial charge in [-0.1, -0.05) is 31.4 Å². The molecule has 0 aromatic carbocycles. The molecule has 29 heavy (non-hydrogen) atoms. The van der Waals surface area contributed by atoms with Crippen molar-refractivity contribution < 1.29 is 14.6 Å². The van der Waals surface area contributed by atoms with Gasteiger partial charge in [0.05, 0.1) is 19.1 Å². The van der Waals surface area contributed by atoms with Crippen LogP contribution in [0.25, 0.3) is 6.08 Å². The highest BCUT2D eigenvalue weighted by molar-refractivity contribution is 5.74. The Balaban J connectivity index is 1.78. The van der Waals surface area contributed by atoms with E-state index in [9.17, 15) is 14.7 Å². The highest BCUT2D eigenvalue weighted by Crippen LogP contribution is 2.49. The predicted octanol–water partition coefficient (Wildman–Crippen LogP) is 2.60. The molecule has 0 spiro atoms. The average Bonchev–Trinajstić information content (AvgIpc) is 2.95. The number of carbonyl (C=O) groups is 1. The Bertz CT molecular complexity index is 840.